The van der Waals surface area contributed by atoms with Crippen molar-refractivity contribution >= 4 is 17.7 Å². The summed E-state index contributed by atoms with van der Waals surface area (Å²) in [5.74, 6) is 0.193. The third-order valence-corrected chi connectivity index (χ3v) is 4.94. The molecular weight excluding hydrogens is 275 g/mol. The first-order chi connectivity index (χ1) is 9.60. The molecule has 1 aliphatic carbocycles. The van der Waals surface area contributed by atoms with Crippen molar-refractivity contribution in [2.45, 2.75) is 36.6 Å². The lowest BCUT2D eigenvalue weighted by Crippen LogP contribution is -2.59. The highest BCUT2D eigenvalue weighted by atomic mass is 32.2. The van der Waals surface area contributed by atoms with E-state index in [0.29, 0.717) is 10.6 Å². The molecule has 0 aromatic heterocycles. The fourth-order valence-corrected chi connectivity index (χ4v) is 3.59. The molecule has 110 valence electrons. The van der Waals surface area contributed by atoms with E-state index in [9.17, 15) is 9.18 Å². The van der Waals surface area contributed by atoms with Crippen LogP contribution in [0.5, 0.6) is 0 Å². The van der Waals surface area contributed by atoms with Gasteiger partial charge in [0.1, 0.15) is 11.4 Å². The van der Waals surface area contributed by atoms with Crippen LogP contribution in [-0.4, -0.2) is 23.7 Å². The van der Waals surface area contributed by atoms with Gasteiger partial charge in [0.15, 0.2) is 0 Å². The lowest BCUT2D eigenvalue weighted by atomic mass is 9.94. The average Bonchev–Trinajstić information content (AvgIpc) is 3.25. The van der Waals surface area contributed by atoms with Gasteiger partial charge in [0.25, 0.3) is 0 Å². The molecule has 1 saturated carbocycles. The monoisotopic (exact) mass is 296 g/mol. The van der Waals surface area contributed by atoms with Gasteiger partial charge in [0, 0.05) is 10.6 Å². The predicted molar refractivity (Wildman–Crippen MR) is 80.1 cm³/mol. The number of hydrogen-bond donors (Lipinski definition) is 2. The molecule has 20 heavy (non-hydrogen) atoms. The predicted octanol–water partition coefficient (Wildman–Crippen LogP) is 2.55. The summed E-state index contributed by atoms with van der Waals surface area (Å²) in [4.78, 5) is 12.5. The Morgan fingerprint density at radius 3 is 2.75 bits per heavy atom. The molecule has 3 N–H and O–H groups in total. The van der Waals surface area contributed by atoms with Crippen molar-refractivity contribution in [2.75, 3.05) is 12.3 Å². The van der Waals surface area contributed by atoms with E-state index >= 15 is 0 Å². The van der Waals surface area contributed by atoms with Crippen molar-refractivity contribution < 1.29 is 9.18 Å². The topological polar surface area (TPSA) is 55.1 Å². The Balaban J connectivity index is 2.11. The van der Waals surface area contributed by atoms with Crippen molar-refractivity contribution in [3.63, 3.8) is 0 Å². The Morgan fingerprint density at radius 2 is 2.20 bits per heavy atom. The van der Waals surface area contributed by atoms with Crippen LogP contribution in [0.2, 0.25) is 0 Å². The van der Waals surface area contributed by atoms with Crippen LogP contribution in [0.25, 0.3) is 0 Å². The lowest BCUT2D eigenvalue weighted by molar-refractivity contribution is -0.124. The van der Waals surface area contributed by atoms with Gasteiger partial charge in [0.2, 0.25) is 5.91 Å². The summed E-state index contributed by atoms with van der Waals surface area (Å²) in [5.41, 5.74) is 4.94. The second-order valence-corrected chi connectivity index (χ2v) is 6.27. The van der Waals surface area contributed by atoms with Crippen LogP contribution >= 0.6 is 11.8 Å². The van der Waals surface area contributed by atoms with Crippen molar-refractivity contribution in [1.82, 2.24) is 5.32 Å². The van der Waals surface area contributed by atoms with Crippen molar-refractivity contribution in [2.24, 2.45) is 11.7 Å². The van der Waals surface area contributed by atoms with Crippen LogP contribution in [0.4, 0.5) is 4.39 Å². The Bertz CT molecular complexity index is 479. The minimum atomic E-state index is -0.705. The number of carbonyl (C=O) groups excluding carboxylic acids is 1. The third kappa shape index (κ3) is 3.33. The fraction of sp³-hybridized carbons (Fsp3) is 0.533. The Kier molecular flexibility index (Phi) is 5.05. The molecule has 1 atom stereocenters. The van der Waals surface area contributed by atoms with E-state index in [1.54, 1.807) is 18.2 Å². The van der Waals surface area contributed by atoms with Gasteiger partial charge >= 0.3 is 0 Å². The summed E-state index contributed by atoms with van der Waals surface area (Å²) in [6, 6.07) is 6.63. The number of carbonyl (C=O) groups is 1. The van der Waals surface area contributed by atoms with Gasteiger partial charge in [-0.2, -0.15) is 0 Å². The molecule has 3 nitrogen and oxygen atoms in total. The zero-order chi connectivity index (χ0) is 14.6. The van der Waals surface area contributed by atoms with E-state index < -0.39 is 5.54 Å². The molecule has 1 fully saturated rings. The molecule has 2 rings (SSSR count). The molecule has 0 saturated heterocycles. The Hall–Kier alpha value is -1.07. The smallest absolute Gasteiger partial charge is 0.238 e. The van der Waals surface area contributed by atoms with Crippen LogP contribution in [0.1, 0.15) is 26.2 Å². The third-order valence-electron chi connectivity index (χ3n) is 3.70. The number of nitrogens with one attached hydrogen (secondary N) is 1. The van der Waals surface area contributed by atoms with Crippen LogP contribution in [0.3, 0.4) is 0 Å². The minimum Gasteiger partial charge on any atom is -0.368 e. The number of hydrogen-bond acceptors (Lipinski definition) is 3. The summed E-state index contributed by atoms with van der Waals surface area (Å²) in [6.45, 7) is 2.80. The first-order valence-corrected chi connectivity index (χ1v) is 8.01. The zero-order valence-corrected chi connectivity index (χ0v) is 12.5. The fourth-order valence-electron chi connectivity index (χ4n) is 2.35. The van der Waals surface area contributed by atoms with Crippen LogP contribution in [0.15, 0.2) is 29.2 Å². The van der Waals surface area contributed by atoms with E-state index in [4.69, 9.17) is 5.73 Å². The second kappa shape index (κ2) is 6.59. The molecule has 1 unspecified atom stereocenters. The normalized spacial score (nSPS) is 17.7. The van der Waals surface area contributed by atoms with Gasteiger partial charge in [-0.3, -0.25) is 4.79 Å². The van der Waals surface area contributed by atoms with Crippen LogP contribution in [-0.2, 0) is 4.79 Å². The maximum atomic E-state index is 13.7. The second-order valence-electron chi connectivity index (χ2n) is 5.26. The molecule has 0 heterocycles. The maximum absolute atomic E-state index is 13.7. The Morgan fingerprint density at radius 1 is 1.50 bits per heavy atom. The van der Waals surface area contributed by atoms with E-state index in [-0.39, 0.29) is 17.6 Å². The highest BCUT2D eigenvalue weighted by Crippen LogP contribution is 2.42. The molecule has 1 aliphatic rings. The molecule has 5 heteroatoms. The van der Waals surface area contributed by atoms with Crippen LogP contribution in [0, 0.1) is 11.7 Å². The average molecular weight is 296 g/mol. The summed E-state index contributed by atoms with van der Waals surface area (Å²) < 4.78 is 13.7. The molecule has 1 amide bonds. The molecule has 0 radical (unpaired) electrons. The molecule has 0 aliphatic heterocycles. The van der Waals surface area contributed by atoms with Crippen LogP contribution < -0.4 is 11.1 Å². The highest BCUT2D eigenvalue weighted by molar-refractivity contribution is 7.99. The maximum Gasteiger partial charge on any atom is 0.238 e. The van der Waals surface area contributed by atoms with Crippen molar-refractivity contribution in [3.05, 3.63) is 30.1 Å². The standard InChI is InChI=1S/C15H21FN2OS/c1-2-9-18-15(14(17)19,11-7-8-11)10-20-13-6-4-3-5-12(13)16/h3-6,11,18H,2,7-10H2,1H3,(H2,17,19). The van der Waals surface area contributed by atoms with Gasteiger partial charge in [0.05, 0.1) is 0 Å². The number of nitrogens with two attached hydrogens (primary N) is 1. The first-order valence-electron chi connectivity index (χ1n) is 7.02. The quantitative estimate of drug-likeness (QED) is 0.725. The summed E-state index contributed by atoms with van der Waals surface area (Å²) in [5, 5.41) is 3.32. The molecule has 0 bridgehead atoms. The Labute approximate surface area is 123 Å². The number of amides is 1. The largest absolute Gasteiger partial charge is 0.368 e. The van der Waals surface area contributed by atoms with Crippen molar-refractivity contribution in [1.29, 1.82) is 0 Å². The van der Waals surface area contributed by atoms with E-state index in [0.717, 1.165) is 25.8 Å². The molecule has 1 aromatic carbocycles. The highest BCUT2D eigenvalue weighted by Gasteiger charge is 2.49. The summed E-state index contributed by atoms with van der Waals surface area (Å²) >= 11 is 1.36. The number of thioether (sulfide) groups is 1. The van der Waals surface area contributed by atoms with E-state index in [1.807, 2.05) is 0 Å². The van der Waals surface area contributed by atoms with Gasteiger partial charge in [-0.1, -0.05) is 19.1 Å². The number of benzene rings is 1. The molecule has 1 aromatic rings. The van der Waals surface area contributed by atoms with Gasteiger partial charge < -0.3 is 11.1 Å². The first kappa shape index (κ1) is 15.3. The zero-order valence-electron chi connectivity index (χ0n) is 11.7. The number of rotatable bonds is 8. The van der Waals surface area contributed by atoms with E-state index in [1.165, 1.54) is 17.8 Å². The van der Waals surface area contributed by atoms with E-state index in [2.05, 4.69) is 12.2 Å². The lowest BCUT2D eigenvalue weighted by Gasteiger charge is -2.31. The number of primary amides is 1. The van der Waals surface area contributed by atoms with Gasteiger partial charge in [-0.05, 0) is 43.9 Å². The minimum absolute atomic E-state index is 0.248. The summed E-state index contributed by atoms with van der Waals surface area (Å²) in [6.07, 6.45) is 2.96. The molecular formula is C15H21FN2OS. The van der Waals surface area contributed by atoms with Gasteiger partial charge in [-0.15, -0.1) is 11.8 Å². The SMILES string of the molecule is CCCNC(CSc1ccccc1F)(C(N)=O)C1CC1. The molecule has 0 spiro atoms. The van der Waals surface area contributed by atoms with Crippen molar-refractivity contribution in [3.8, 4) is 0 Å². The van der Waals surface area contributed by atoms with Gasteiger partial charge in [-0.25, -0.2) is 4.39 Å². The number of halogens is 1. The summed E-state index contributed by atoms with van der Waals surface area (Å²) in [7, 11) is 0.